The van der Waals surface area contributed by atoms with E-state index in [0.29, 0.717) is 16.7 Å². The first-order valence-electron chi connectivity index (χ1n) is 46.1. The lowest BCUT2D eigenvalue weighted by atomic mass is 9.82. The number of para-hydroxylation sites is 3. The van der Waals surface area contributed by atoms with E-state index < -0.39 is 6.04 Å². The third-order valence-corrected chi connectivity index (χ3v) is 26.9. The standard InChI is InChI=1S/C44H26O2.C41H28O.C38H22O2/c1-2-10-28(11-3-1)41-32-13-4-6-15-34(32)42(35-16-7-5-14-33(35)41)29-20-18-27(19-21-29)30-22-25-40-38(26-30)37-24-23-36-31-12-8-9-17-39(31)45-43(36)44(37)46-40;1-41(2)33-21-11-10-19-30(33)39-34(41)24-23-32-38-31(20-12-22-35(38)42-40(32)39)37-28-17-8-6-15-26(28)36(25-13-4-3-5-14-25)27-16-7-9-18-29(27)37;1-2-12-23(13-3-1)34-26-16-4-6-18-28(26)35(29-19-7-5-17-27(29)34)36-37-30(24-14-8-10-20-32(24)39-37)22-31-25-15-9-11-21-33(25)40-38(31)36/h1-26H;3-24H,1-2H3;1-22H/i;;1D,2D,3D,12D,13D. The van der Waals surface area contributed by atoms with Gasteiger partial charge in [0.2, 0.25) is 0 Å². The fraction of sp³-hybridized carbons (Fsp3) is 0.0244. The Balaban J connectivity index is 0.000000104. The maximum Gasteiger partial charge on any atom is 0.178 e. The summed E-state index contributed by atoms with van der Waals surface area (Å²) >= 11 is 0. The van der Waals surface area contributed by atoms with Gasteiger partial charge in [0.15, 0.2) is 11.2 Å². The van der Waals surface area contributed by atoms with Crippen LogP contribution in [0, 0.1) is 0 Å². The number of hydrogen-bond acceptors (Lipinski definition) is 5. The van der Waals surface area contributed by atoms with E-state index in [1.807, 2.05) is 103 Å². The van der Waals surface area contributed by atoms with E-state index in [1.165, 1.54) is 126 Å². The maximum absolute atomic E-state index is 8.88. The summed E-state index contributed by atoms with van der Waals surface area (Å²) in [6.07, 6.45) is 0. The second kappa shape index (κ2) is 28.7. The topological polar surface area (TPSA) is 65.7 Å². The van der Waals surface area contributed by atoms with Crippen LogP contribution in [-0.2, 0) is 5.41 Å². The minimum atomic E-state index is -0.414. The van der Waals surface area contributed by atoms with Gasteiger partial charge in [-0.15, -0.1) is 0 Å². The van der Waals surface area contributed by atoms with Gasteiger partial charge in [0.25, 0.3) is 0 Å². The molecule has 0 aliphatic heterocycles. The highest BCUT2D eigenvalue weighted by atomic mass is 16.4. The quantitative estimate of drug-likeness (QED) is 0.149. The Kier molecular flexibility index (Phi) is 15.2. The fourth-order valence-corrected chi connectivity index (χ4v) is 21.3. The van der Waals surface area contributed by atoms with Gasteiger partial charge in [-0.05, 0) is 203 Å². The molecule has 0 unspecified atom stereocenters. The van der Waals surface area contributed by atoms with Crippen LogP contribution in [0.4, 0.5) is 0 Å². The van der Waals surface area contributed by atoms with E-state index in [1.54, 1.807) is 0 Å². The Morgan fingerprint density at radius 2 is 0.516 bits per heavy atom. The highest BCUT2D eigenvalue weighted by Crippen LogP contribution is 2.57. The smallest absolute Gasteiger partial charge is 0.178 e. The summed E-state index contributed by atoms with van der Waals surface area (Å²) in [5.74, 6) is 0. The number of hydrogen-bond donors (Lipinski definition) is 0. The molecule has 5 heteroatoms. The molecule has 1 aliphatic rings. The molecule has 0 radical (unpaired) electrons. The lowest BCUT2D eigenvalue weighted by Gasteiger charge is -2.21. The molecule has 0 bridgehead atoms. The van der Waals surface area contributed by atoms with Crippen LogP contribution in [0.2, 0.25) is 0 Å². The zero-order valence-corrected chi connectivity index (χ0v) is 69.6. The van der Waals surface area contributed by atoms with E-state index in [2.05, 4.69) is 305 Å². The van der Waals surface area contributed by atoms with E-state index in [-0.39, 0.29) is 35.1 Å². The van der Waals surface area contributed by atoms with Gasteiger partial charge in [0, 0.05) is 70.4 Å². The van der Waals surface area contributed by atoms with Crippen molar-refractivity contribution in [3.63, 3.8) is 0 Å². The first-order chi connectivity index (χ1) is 65.4. The summed E-state index contributed by atoms with van der Waals surface area (Å²) in [5, 5.41) is 24.0. The van der Waals surface area contributed by atoms with Crippen molar-refractivity contribution >= 4 is 174 Å². The van der Waals surface area contributed by atoms with Crippen LogP contribution in [0.5, 0.6) is 0 Å². The lowest BCUT2D eigenvalue weighted by Crippen LogP contribution is -2.14. The van der Waals surface area contributed by atoms with Crippen molar-refractivity contribution in [2.45, 2.75) is 19.3 Å². The van der Waals surface area contributed by atoms with Crippen LogP contribution in [0.1, 0.15) is 31.8 Å². The minimum absolute atomic E-state index is 0.0679. The third-order valence-electron chi connectivity index (χ3n) is 26.9. The number of rotatable bonds is 7. The monoisotopic (exact) mass is 1640 g/mol. The first kappa shape index (κ1) is 67.9. The van der Waals surface area contributed by atoms with Crippen molar-refractivity contribution in [3.05, 3.63) is 436 Å². The normalized spacial score (nSPS) is 13.1. The summed E-state index contributed by atoms with van der Waals surface area (Å²) in [7, 11) is 0. The molecule has 5 aromatic heterocycles. The number of benzene rings is 22. The zero-order valence-electron chi connectivity index (χ0n) is 74.6. The van der Waals surface area contributed by atoms with Gasteiger partial charge in [-0.1, -0.05) is 384 Å². The average molecular weight is 1640 g/mol. The van der Waals surface area contributed by atoms with Crippen molar-refractivity contribution in [2.75, 3.05) is 0 Å². The Labute approximate surface area is 742 Å². The largest absolute Gasteiger partial charge is 0.455 e. The van der Waals surface area contributed by atoms with E-state index in [4.69, 9.17) is 28.9 Å². The van der Waals surface area contributed by atoms with Gasteiger partial charge in [-0.3, -0.25) is 0 Å². The Hall–Kier alpha value is -16.6. The predicted octanol–water partition coefficient (Wildman–Crippen LogP) is 35.5. The van der Waals surface area contributed by atoms with Crippen molar-refractivity contribution in [1.82, 2.24) is 0 Å². The molecule has 0 spiro atoms. The van der Waals surface area contributed by atoms with Crippen LogP contribution in [0.15, 0.2) is 447 Å². The van der Waals surface area contributed by atoms with Crippen LogP contribution >= 0.6 is 0 Å². The second-order valence-corrected chi connectivity index (χ2v) is 34.1. The Bertz CT molecular complexity index is 9340. The molecule has 0 N–H and O–H groups in total. The van der Waals surface area contributed by atoms with Crippen molar-refractivity contribution in [1.29, 1.82) is 0 Å². The van der Waals surface area contributed by atoms with Crippen LogP contribution in [0.25, 0.3) is 263 Å². The molecule has 27 aromatic rings. The average Bonchev–Trinajstić information content (AvgIpc) is 1.51. The van der Waals surface area contributed by atoms with Crippen LogP contribution in [-0.4, -0.2) is 0 Å². The molecule has 1 aliphatic carbocycles. The summed E-state index contributed by atoms with van der Waals surface area (Å²) in [6.45, 7) is 4.65. The maximum atomic E-state index is 8.88. The fourth-order valence-electron chi connectivity index (χ4n) is 21.3. The van der Waals surface area contributed by atoms with Crippen molar-refractivity contribution in [2.24, 2.45) is 0 Å². The van der Waals surface area contributed by atoms with Gasteiger partial charge in [0.05, 0.1) is 12.4 Å². The highest BCUT2D eigenvalue weighted by Gasteiger charge is 2.38. The first-order valence-corrected chi connectivity index (χ1v) is 43.6. The Morgan fingerprint density at radius 3 is 1.01 bits per heavy atom. The molecule has 0 amide bonds. The number of fused-ring (bicyclic) bond motifs is 26. The van der Waals surface area contributed by atoms with Gasteiger partial charge in [-0.2, -0.15) is 0 Å². The van der Waals surface area contributed by atoms with Gasteiger partial charge < -0.3 is 22.1 Å². The molecule has 0 fully saturated rings. The molecular weight excluding hydrogens is 1560 g/mol. The molecule has 22 aromatic carbocycles. The summed E-state index contributed by atoms with van der Waals surface area (Å²) in [5.41, 5.74) is 28.2. The molecule has 28 rings (SSSR count). The molecule has 598 valence electrons. The van der Waals surface area contributed by atoms with Crippen molar-refractivity contribution < 1.29 is 28.9 Å². The third kappa shape index (κ3) is 11.1. The molecular formula is C123H76O5. The van der Waals surface area contributed by atoms with Gasteiger partial charge >= 0.3 is 0 Å². The summed E-state index contributed by atoms with van der Waals surface area (Å²) in [6, 6.07) is 137. The molecule has 0 saturated carbocycles. The molecule has 5 heterocycles. The van der Waals surface area contributed by atoms with E-state index in [9.17, 15) is 0 Å². The SMILES string of the molecule is CC1(C)c2ccccc2-c2c1ccc1c2oc2cccc(-c3c4ccccc4c(-c4ccccc4)c4ccccc34)c21.[2H]c1c([2H])c([2H])c(-c2c3ccccc3c(-c3c4oc5ccccc5c4cc4c3oc3ccccc34)c3ccccc23)c([2H])c1[2H].c1ccc(-c2c3ccccc3c(-c3ccc(-c4ccc5oc6c(ccc7c8ccccc8oc76)c5c4)cc3)c3ccccc23)cc1. The van der Waals surface area contributed by atoms with Gasteiger partial charge in [0.1, 0.15) is 44.7 Å². The summed E-state index contributed by atoms with van der Waals surface area (Å²) < 4.78 is 75.6. The van der Waals surface area contributed by atoms with E-state index >= 15 is 0 Å². The zero-order chi connectivity index (χ0) is 88.8. The highest BCUT2D eigenvalue weighted by molar-refractivity contribution is 6.32. The molecule has 5 nitrogen and oxygen atoms in total. The lowest BCUT2D eigenvalue weighted by molar-refractivity contribution is 0.633. The predicted molar refractivity (Wildman–Crippen MR) is 536 cm³/mol. The van der Waals surface area contributed by atoms with Gasteiger partial charge in [-0.25, -0.2) is 0 Å². The minimum Gasteiger partial charge on any atom is -0.455 e. The van der Waals surface area contributed by atoms with Crippen LogP contribution < -0.4 is 0 Å². The second-order valence-electron chi connectivity index (χ2n) is 34.1. The summed E-state index contributed by atoms with van der Waals surface area (Å²) in [4.78, 5) is 0. The molecule has 128 heavy (non-hydrogen) atoms. The van der Waals surface area contributed by atoms with Crippen molar-refractivity contribution in [3.8, 4) is 89.0 Å². The van der Waals surface area contributed by atoms with E-state index in [0.717, 1.165) is 126 Å². The molecule has 0 atom stereocenters. The number of furan rings is 5. The Morgan fingerprint density at radius 1 is 0.180 bits per heavy atom. The van der Waals surface area contributed by atoms with Crippen LogP contribution in [0.3, 0.4) is 0 Å². The molecule has 0 saturated heterocycles.